The van der Waals surface area contributed by atoms with Crippen molar-refractivity contribution >= 4 is 28.5 Å². The van der Waals surface area contributed by atoms with Crippen LogP contribution in [0.25, 0.3) is 11.0 Å². The molecule has 0 radical (unpaired) electrons. The zero-order valence-corrected chi connectivity index (χ0v) is 11.7. The third-order valence-electron chi connectivity index (χ3n) is 3.19. The standard InChI is InChI=1S/C14H18N4O3/c1-2-4-8(7-19)17-12-10(14(20)21)13(15)18-9-5-3-6-16-11(9)12/h3,5-6,8,19H,2,4,7H2,1H3,(H,20,21)(H3,15,17,18)/t8-/m1/s1. The van der Waals surface area contributed by atoms with Crippen LogP contribution >= 0.6 is 0 Å². The second-order valence-electron chi connectivity index (χ2n) is 4.74. The molecular formula is C14H18N4O3. The van der Waals surface area contributed by atoms with Crippen LogP contribution in [-0.4, -0.2) is 38.8 Å². The van der Waals surface area contributed by atoms with Gasteiger partial charge in [-0.1, -0.05) is 13.3 Å². The molecule has 112 valence electrons. The van der Waals surface area contributed by atoms with E-state index in [2.05, 4.69) is 15.3 Å². The number of nitrogens with zero attached hydrogens (tertiary/aromatic N) is 2. The third-order valence-corrected chi connectivity index (χ3v) is 3.19. The van der Waals surface area contributed by atoms with Crippen molar-refractivity contribution in [2.24, 2.45) is 0 Å². The summed E-state index contributed by atoms with van der Waals surface area (Å²) in [6.07, 6.45) is 3.11. The highest BCUT2D eigenvalue weighted by molar-refractivity contribution is 6.06. The molecule has 0 aliphatic carbocycles. The summed E-state index contributed by atoms with van der Waals surface area (Å²) in [6, 6.07) is 3.15. The molecule has 0 fully saturated rings. The molecule has 5 N–H and O–H groups in total. The molecule has 2 heterocycles. The third kappa shape index (κ3) is 3.03. The summed E-state index contributed by atoms with van der Waals surface area (Å²) >= 11 is 0. The summed E-state index contributed by atoms with van der Waals surface area (Å²) in [5, 5.41) is 21.8. The molecule has 0 aliphatic rings. The molecule has 2 aromatic heterocycles. The van der Waals surface area contributed by atoms with E-state index in [1.807, 2.05) is 6.92 Å². The van der Waals surface area contributed by atoms with Crippen LogP contribution in [-0.2, 0) is 0 Å². The van der Waals surface area contributed by atoms with Crippen LogP contribution in [0.3, 0.4) is 0 Å². The molecule has 0 bridgehead atoms. The van der Waals surface area contributed by atoms with E-state index in [-0.39, 0.29) is 24.0 Å². The van der Waals surface area contributed by atoms with E-state index in [9.17, 15) is 15.0 Å². The summed E-state index contributed by atoms with van der Waals surface area (Å²) in [5.41, 5.74) is 6.89. The summed E-state index contributed by atoms with van der Waals surface area (Å²) in [6.45, 7) is 1.88. The number of fused-ring (bicyclic) bond motifs is 1. The number of aromatic nitrogens is 2. The van der Waals surface area contributed by atoms with Crippen LogP contribution in [0.2, 0.25) is 0 Å². The number of nitrogen functional groups attached to an aromatic ring is 1. The SMILES string of the molecule is CCC[C@H](CO)Nc1c(C(=O)O)c(N)nc2cccnc12. The van der Waals surface area contributed by atoms with Crippen molar-refractivity contribution in [3.63, 3.8) is 0 Å². The molecule has 0 aromatic carbocycles. The first-order chi connectivity index (χ1) is 10.1. The number of aromatic carboxylic acids is 1. The maximum Gasteiger partial charge on any atom is 0.341 e. The fraction of sp³-hybridized carbons (Fsp3) is 0.357. The molecular weight excluding hydrogens is 272 g/mol. The fourth-order valence-corrected chi connectivity index (χ4v) is 2.23. The van der Waals surface area contributed by atoms with Gasteiger partial charge in [0.15, 0.2) is 0 Å². The average Bonchev–Trinajstić information content (AvgIpc) is 2.46. The topological polar surface area (TPSA) is 121 Å². The number of pyridine rings is 2. The second-order valence-corrected chi connectivity index (χ2v) is 4.74. The Balaban J connectivity index is 2.61. The quantitative estimate of drug-likeness (QED) is 0.635. The van der Waals surface area contributed by atoms with Gasteiger partial charge in [0.25, 0.3) is 0 Å². The second kappa shape index (κ2) is 6.36. The summed E-state index contributed by atoms with van der Waals surface area (Å²) < 4.78 is 0. The van der Waals surface area contributed by atoms with Crippen molar-refractivity contribution < 1.29 is 15.0 Å². The number of nitrogens with one attached hydrogen (secondary N) is 1. The number of carboxylic acid groups (broad SMARTS) is 1. The Labute approximate surface area is 121 Å². The Morgan fingerprint density at radius 3 is 2.90 bits per heavy atom. The number of carboxylic acids is 1. The molecule has 2 aromatic rings. The van der Waals surface area contributed by atoms with Gasteiger partial charge < -0.3 is 21.3 Å². The molecule has 21 heavy (non-hydrogen) atoms. The van der Waals surface area contributed by atoms with Crippen LogP contribution in [0.1, 0.15) is 30.1 Å². The summed E-state index contributed by atoms with van der Waals surface area (Å²) in [7, 11) is 0. The zero-order valence-electron chi connectivity index (χ0n) is 11.7. The van der Waals surface area contributed by atoms with E-state index in [1.54, 1.807) is 18.3 Å². The number of carbonyl (C=O) groups is 1. The molecule has 7 heteroatoms. The van der Waals surface area contributed by atoms with Gasteiger partial charge in [0, 0.05) is 12.2 Å². The lowest BCUT2D eigenvalue weighted by Gasteiger charge is -2.20. The minimum atomic E-state index is -1.18. The Bertz CT molecular complexity index is 660. The number of aliphatic hydroxyl groups excluding tert-OH is 1. The minimum Gasteiger partial charge on any atom is -0.477 e. The van der Waals surface area contributed by atoms with Crippen molar-refractivity contribution in [1.29, 1.82) is 0 Å². The van der Waals surface area contributed by atoms with E-state index in [4.69, 9.17) is 5.73 Å². The monoisotopic (exact) mass is 290 g/mol. The van der Waals surface area contributed by atoms with Crippen LogP contribution < -0.4 is 11.1 Å². The zero-order chi connectivity index (χ0) is 15.4. The van der Waals surface area contributed by atoms with Gasteiger partial charge in [-0.25, -0.2) is 9.78 Å². The lowest BCUT2D eigenvalue weighted by atomic mass is 10.1. The van der Waals surface area contributed by atoms with Gasteiger partial charge in [-0.3, -0.25) is 4.98 Å². The van der Waals surface area contributed by atoms with Crippen molar-refractivity contribution in [3.05, 3.63) is 23.9 Å². The van der Waals surface area contributed by atoms with Crippen molar-refractivity contribution in [3.8, 4) is 0 Å². The van der Waals surface area contributed by atoms with Crippen LogP contribution in [0, 0.1) is 0 Å². The van der Waals surface area contributed by atoms with Gasteiger partial charge in [-0.2, -0.15) is 0 Å². The van der Waals surface area contributed by atoms with Gasteiger partial charge in [0.05, 0.1) is 17.8 Å². The minimum absolute atomic E-state index is 0.0707. The number of aliphatic hydroxyl groups is 1. The Morgan fingerprint density at radius 2 is 2.29 bits per heavy atom. The Hall–Kier alpha value is -2.41. The fourth-order valence-electron chi connectivity index (χ4n) is 2.23. The maximum atomic E-state index is 11.5. The highest BCUT2D eigenvalue weighted by Gasteiger charge is 2.21. The number of hydrogen-bond donors (Lipinski definition) is 4. The van der Waals surface area contributed by atoms with Gasteiger partial charge in [-0.15, -0.1) is 0 Å². The van der Waals surface area contributed by atoms with E-state index in [1.165, 1.54) is 0 Å². The van der Waals surface area contributed by atoms with Gasteiger partial charge in [0.1, 0.15) is 16.9 Å². The van der Waals surface area contributed by atoms with Crippen LogP contribution in [0.5, 0.6) is 0 Å². The van der Waals surface area contributed by atoms with E-state index >= 15 is 0 Å². The molecule has 0 unspecified atom stereocenters. The van der Waals surface area contributed by atoms with Gasteiger partial charge >= 0.3 is 5.97 Å². The first-order valence-electron chi connectivity index (χ1n) is 6.73. The Morgan fingerprint density at radius 1 is 1.52 bits per heavy atom. The van der Waals surface area contributed by atoms with Crippen molar-refractivity contribution in [2.75, 3.05) is 17.7 Å². The molecule has 7 nitrogen and oxygen atoms in total. The maximum absolute atomic E-state index is 11.5. The summed E-state index contributed by atoms with van der Waals surface area (Å²) in [4.78, 5) is 19.7. The number of hydrogen-bond acceptors (Lipinski definition) is 6. The molecule has 0 amide bonds. The normalized spacial score (nSPS) is 12.3. The van der Waals surface area contributed by atoms with Gasteiger partial charge in [-0.05, 0) is 18.6 Å². The number of rotatable bonds is 6. The van der Waals surface area contributed by atoms with E-state index < -0.39 is 5.97 Å². The predicted octanol–water partition coefficient (Wildman–Crippen LogP) is 1.48. The molecule has 0 aliphatic heterocycles. The number of nitrogens with two attached hydrogens (primary N) is 1. The van der Waals surface area contributed by atoms with Gasteiger partial charge in [0.2, 0.25) is 0 Å². The van der Waals surface area contributed by atoms with Crippen molar-refractivity contribution in [2.45, 2.75) is 25.8 Å². The average molecular weight is 290 g/mol. The largest absolute Gasteiger partial charge is 0.477 e. The molecule has 2 rings (SSSR count). The van der Waals surface area contributed by atoms with Crippen molar-refractivity contribution in [1.82, 2.24) is 9.97 Å². The molecule has 0 saturated carbocycles. The van der Waals surface area contributed by atoms with E-state index in [0.717, 1.165) is 6.42 Å². The number of anilines is 2. The molecule has 1 atom stereocenters. The lowest BCUT2D eigenvalue weighted by molar-refractivity contribution is 0.0698. The first kappa shape index (κ1) is 15.0. The predicted molar refractivity (Wildman–Crippen MR) is 80.3 cm³/mol. The Kier molecular flexibility index (Phi) is 4.54. The van der Waals surface area contributed by atoms with Crippen LogP contribution in [0.15, 0.2) is 18.3 Å². The smallest absolute Gasteiger partial charge is 0.341 e. The van der Waals surface area contributed by atoms with E-state index in [0.29, 0.717) is 23.1 Å². The lowest BCUT2D eigenvalue weighted by Crippen LogP contribution is -2.25. The summed E-state index contributed by atoms with van der Waals surface area (Å²) in [5.74, 6) is -1.25. The van der Waals surface area contributed by atoms with Crippen LogP contribution in [0.4, 0.5) is 11.5 Å². The highest BCUT2D eigenvalue weighted by atomic mass is 16.4. The highest BCUT2D eigenvalue weighted by Crippen LogP contribution is 2.29. The first-order valence-corrected chi connectivity index (χ1v) is 6.73. The molecule has 0 spiro atoms. The molecule has 0 saturated heterocycles.